The van der Waals surface area contributed by atoms with Gasteiger partial charge in [0, 0.05) is 25.0 Å². The highest BCUT2D eigenvalue weighted by Gasteiger charge is 2.29. The third-order valence-corrected chi connectivity index (χ3v) is 6.83. The fourth-order valence-electron chi connectivity index (χ4n) is 4.13. The number of carbonyl (C=O) groups is 1. The Morgan fingerprint density at radius 3 is 2.67 bits per heavy atom. The summed E-state index contributed by atoms with van der Waals surface area (Å²) in [6, 6.07) is 0.354. The van der Waals surface area contributed by atoms with Crippen LogP contribution in [0.5, 0.6) is 0 Å². The molecule has 1 aliphatic heterocycles. The maximum absolute atomic E-state index is 12.4. The molecule has 3 aromatic heterocycles. The molecule has 0 aromatic carbocycles. The number of piperidine rings is 1. The molecule has 0 aliphatic carbocycles. The van der Waals surface area contributed by atoms with Gasteiger partial charge in [-0.05, 0) is 53.0 Å². The summed E-state index contributed by atoms with van der Waals surface area (Å²) in [5, 5.41) is 9.50. The summed E-state index contributed by atoms with van der Waals surface area (Å²) in [6.07, 6.45) is 3.81. The monoisotopic (exact) mass is 428 g/mol. The van der Waals surface area contributed by atoms with E-state index in [2.05, 4.69) is 38.5 Å². The van der Waals surface area contributed by atoms with Gasteiger partial charge in [0.2, 0.25) is 0 Å². The molecule has 4 heterocycles. The number of hydrogen-bond donors (Lipinski definition) is 0. The predicted molar refractivity (Wildman–Crippen MR) is 117 cm³/mol. The number of carbonyl (C=O) groups excluding carboxylic acids is 1. The average molecular weight is 429 g/mol. The SMILES string of the molecule is CCOC(=O)c1sc2nc(C)nc(N3CCC(c4nncn4C(C)C)CC3)c2c1C. The van der Waals surface area contributed by atoms with Gasteiger partial charge in [-0.2, -0.15) is 0 Å². The van der Waals surface area contributed by atoms with Crippen LogP contribution in [-0.4, -0.2) is 50.4 Å². The first-order valence-corrected chi connectivity index (χ1v) is 11.3. The van der Waals surface area contributed by atoms with Crippen molar-refractivity contribution in [2.45, 2.75) is 59.4 Å². The number of ether oxygens (including phenoxy) is 1. The number of nitrogens with zero attached hydrogens (tertiary/aromatic N) is 6. The summed E-state index contributed by atoms with van der Waals surface area (Å²) in [5.41, 5.74) is 0.908. The summed E-state index contributed by atoms with van der Waals surface area (Å²) in [6.45, 7) is 12.1. The molecule has 0 radical (unpaired) electrons. The van der Waals surface area contributed by atoms with Gasteiger partial charge in [0.1, 0.15) is 33.5 Å². The predicted octanol–water partition coefficient (Wildman–Crippen LogP) is 4.04. The molecule has 1 fully saturated rings. The second-order valence-electron chi connectivity index (χ2n) is 8.00. The number of aromatic nitrogens is 5. The smallest absolute Gasteiger partial charge is 0.348 e. The summed E-state index contributed by atoms with van der Waals surface area (Å²) in [4.78, 5) is 25.5. The van der Waals surface area contributed by atoms with Crippen molar-refractivity contribution in [1.29, 1.82) is 0 Å². The topological polar surface area (TPSA) is 86.0 Å². The lowest BCUT2D eigenvalue weighted by Crippen LogP contribution is -2.34. The van der Waals surface area contributed by atoms with Gasteiger partial charge in [-0.3, -0.25) is 0 Å². The van der Waals surface area contributed by atoms with Crippen LogP contribution in [0.3, 0.4) is 0 Å². The molecule has 0 amide bonds. The Balaban J connectivity index is 1.62. The van der Waals surface area contributed by atoms with Crippen LogP contribution in [0.25, 0.3) is 10.2 Å². The molecule has 1 saturated heterocycles. The molecule has 30 heavy (non-hydrogen) atoms. The summed E-state index contributed by atoms with van der Waals surface area (Å²) in [7, 11) is 0. The lowest BCUT2D eigenvalue weighted by atomic mass is 9.95. The molecular weight excluding hydrogens is 400 g/mol. The largest absolute Gasteiger partial charge is 0.462 e. The van der Waals surface area contributed by atoms with Crippen molar-refractivity contribution < 1.29 is 9.53 Å². The molecule has 8 nitrogen and oxygen atoms in total. The molecule has 1 aliphatic rings. The van der Waals surface area contributed by atoms with E-state index in [0.29, 0.717) is 23.4 Å². The van der Waals surface area contributed by atoms with Crippen molar-refractivity contribution in [3.8, 4) is 0 Å². The highest BCUT2D eigenvalue weighted by molar-refractivity contribution is 7.20. The van der Waals surface area contributed by atoms with E-state index in [-0.39, 0.29) is 5.97 Å². The number of anilines is 1. The number of esters is 1. The minimum Gasteiger partial charge on any atom is -0.462 e. The van der Waals surface area contributed by atoms with E-state index >= 15 is 0 Å². The van der Waals surface area contributed by atoms with Crippen LogP contribution in [0, 0.1) is 13.8 Å². The van der Waals surface area contributed by atoms with E-state index in [1.165, 1.54) is 11.3 Å². The second-order valence-corrected chi connectivity index (χ2v) is 9.00. The van der Waals surface area contributed by atoms with Crippen LogP contribution in [0.2, 0.25) is 0 Å². The Morgan fingerprint density at radius 2 is 2.00 bits per heavy atom. The standard InChI is InChI=1S/C21H28N6O2S/c1-6-29-21(28)17-13(4)16-19(23-14(5)24-20(16)30-17)26-9-7-15(8-10-26)18-25-22-11-27(18)12(2)3/h11-12,15H,6-10H2,1-5H3. The van der Waals surface area contributed by atoms with Crippen molar-refractivity contribution in [3.63, 3.8) is 0 Å². The Morgan fingerprint density at radius 1 is 1.27 bits per heavy atom. The summed E-state index contributed by atoms with van der Waals surface area (Å²) < 4.78 is 7.40. The maximum atomic E-state index is 12.4. The van der Waals surface area contributed by atoms with Gasteiger partial charge in [-0.15, -0.1) is 21.5 Å². The highest BCUT2D eigenvalue weighted by atomic mass is 32.1. The molecule has 0 saturated carbocycles. The molecule has 0 atom stereocenters. The number of fused-ring (bicyclic) bond motifs is 1. The Hall–Kier alpha value is -2.55. The van der Waals surface area contributed by atoms with Crippen LogP contribution in [-0.2, 0) is 4.74 Å². The van der Waals surface area contributed by atoms with Gasteiger partial charge in [0.05, 0.1) is 12.0 Å². The lowest BCUT2D eigenvalue weighted by molar-refractivity contribution is 0.0531. The zero-order valence-corrected chi connectivity index (χ0v) is 19.0. The van der Waals surface area contributed by atoms with Crippen molar-refractivity contribution in [3.05, 3.63) is 28.4 Å². The molecule has 9 heteroatoms. The van der Waals surface area contributed by atoms with E-state index in [4.69, 9.17) is 9.72 Å². The van der Waals surface area contributed by atoms with Crippen LogP contribution in [0.1, 0.15) is 72.5 Å². The second kappa shape index (κ2) is 8.29. The molecule has 0 spiro atoms. The normalized spacial score (nSPS) is 15.3. The third-order valence-electron chi connectivity index (χ3n) is 5.66. The van der Waals surface area contributed by atoms with Gasteiger partial charge in [-0.25, -0.2) is 14.8 Å². The van der Waals surface area contributed by atoms with Crippen molar-refractivity contribution >= 4 is 33.3 Å². The molecular formula is C21H28N6O2S. The van der Waals surface area contributed by atoms with E-state index in [1.54, 1.807) is 0 Å². The molecule has 0 bridgehead atoms. The number of thiophene rings is 1. The van der Waals surface area contributed by atoms with Crippen LogP contribution >= 0.6 is 11.3 Å². The van der Waals surface area contributed by atoms with E-state index in [1.807, 2.05) is 27.1 Å². The Bertz CT molecular complexity index is 1070. The van der Waals surface area contributed by atoms with Gasteiger partial charge in [0.25, 0.3) is 0 Å². The quantitative estimate of drug-likeness (QED) is 0.567. The fraction of sp³-hybridized carbons (Fsp3) is 0.571. The third kappa shape index (κ3) is 3.66. The van der Waals surface area contributed by atoms with Gasteiger partial charge in [0.15, 0.2) is 0 Å². The summed E-state index contributed by atoms with van der Waals surface area (Å²) >= 11 is 1.39. The first kappa shape index (κ1) is 20.7. The van der Waals surface area contributed by atoms with Gasteiger partial charge in [-0.1, -0.05) is 0 Å². The number of rotatable bonds is 5. The fourth-order valence-corrected chi connectivity index (χ4v) is 5.25. The Kier molecular flexibility index (Phi) is 5.73. The Labute approximate surface area is 180 Å². The van der Waals surface area contributed by atoms with Crippen LogP contribution in [0.15, 0.2) is 6.33 Å². The zero-order valence-electron chi connectivity index (χ0n) is 18.2. The van der Waals surface area contributed by atoms with E-state index in [0.717, 1.165) is 59.2 Å². The van der Waals surface area contributed by atoms with E-state index in [9.17, 15) is 4.79 Å². The molecule has 0 N–H and O–H groups in total. The highest BCUT2D eigenvalue weighted by Crippen LogP contribution is 2.38. The van der Waals surface area contributed by atoms with Crippen molar-refractivity contribution in [2.75, 3.05) is 24.6 Å². The molecule has 0 unspecified atom stereocenters. The van der Waals surface area contributed by atoms with Gasteiger partial charge < -0.3 is 14.2 Å². The minimum atomic E-state index is -0.284. The number of hydrogen-bond acceptors (Lipinski definition) is 8. The van der Waals surface area contributed by atoms with E-state index < -0.39 is 0 Å². The minimum absolute atomic E-state index is 0.284. The average Bonchev–Trinajstić information content (AvgIpc) is 3.33. The summed E-state index contributed by atoms with van der Waals surface area (Å²) in [5.74, 6) is 2.82. The van der Waals surface area contributed by atoms with Crippen molar-refractivity contribution in [1.82, 2.24) is 24.7 Å². The maximum Gasteiger partial charge on any atom is 0.348 e. The number of aryl methyl sites for hydroxylation is 2. The first-order chi connectivity index (χ1) is 14.4. The molecule has 160 valence electrons. The van der Waals surface area contributed by atoms with Crippen LogP contribution in [0.4, 0.5) is 5.82 Å². The van der Waals surface area contributed by atoms with Crippen molar-refractivity contribution in [2.24, 2.45) is 0 Å². The zero-order chi connectivity index (χ0) is 21.4. The molecule has 4 rings (SSSR count). The van der Waals surface area contributed by atoms with Gasteiger partial charge >= 0.3 is 5.97 Å². The lowest BCUT2D eigenvalue weighted by Gasteiger charge is -2.33. The first-order valence-electron chi connectivity index (χ1n) is 10.5. The van der Waals surface area contributed by atoms with Crippen LogP contribution < -0.4 is 4.90 Å². The molecule has 3 aromatic rings.